The zero-order valence-corrected chi connectivity index (χ0v) is 16.8. The van der Waals surface area contributed by atoms with Crippen molar-refractivity contribution in [1.82, 2.24) is 15.1 Å². The molecule has 0 aromatic heterocycles. The molecular formula is C22H22FN3O5. The molecule has 4 rings (SSSR count). The number of carbonyl (C=O) groups is 3. The van der Waals surface area contributed by atoms with Crippen molar-refractivity contribution in [2.75, 3.05) is 39.3 Å². The molecule has 8 nitrogen and oxygen atoms in total. The summed E-state index contributed by atoms with van der Waals surface area (Å²) in [6, 6.07) is 12.3. The Morgan fingerprint density at radius 1 is 0.935 bits per heavy atom. The van der Waals surface area contributed by atoms with E-state index in [1.165, 1.54) is 24.3 Å². The van der Waals surface area contributed by atoms with Crippen LogP contribution < -0.4 is 14.8 Å². The lowest BCUT2D eigenvalue weighted by molar-refractivity contribution is -0.146. The molecule has 1 saturated heterocycles. The van der Waals surface area contributed by atoms with Crippen molar-refractivity contribution in [3.8, 4) is 11.5 Å². The van der Waals surface area contributed by atoms with Crippen molar-refractivity contribution in [1.29, 1.82) is 0 Å². The van der Waals surface area contributed by atoms with E-state index in [1.807, 2.05) is 12.1 Å². The Labute approximate surface area is 178 Å². The number of amides is 3. The van der Waals surface area contributed by atoms with Crippen LogP contribution in [0.1, 0.15) is 10.4 Å². The largest absolute Gasteiger partial charge is 0.485 e. The summed E-state index contributed by atoms with van der Waals surface area (Å²) in [6.45, 7) is 1.45. The highest BCUT2D eigenvalue weighted by Crippen LogP contribution is 2.31. The van der Waals surface area contributed by atoms with Gasteiger partial charge in [0.05, 0.1) is 6.54 Å². The molecule has 0 radical (unpaired) electrons. The molecule has 1 atom stereocenters. The molecule has 9 heteroatoms. The van der Waals surface area contributed by atoms with E-state index in [0.29, 0.717) is 37.7 Å². The third-order valence-corrected chi connectivity index (χ3v) is 5.23. The summed E-state index contributed by atoms with van der Waals surface area (Å²) in [5.74, 6) is -0.145. The predicted octanol–water partition coefficient (Wildman–Crippen LogP) is 1.07. The van der Waals surface area contributed by atoms with Crippen molar-refractivity contribution in [3.63, 3.8) is 0 Å². The van der Waals surface area contributed by atoms with Gasteiger partial charge >= 0.3 is 0 Å². The molecule has 1 N–H and O–H groups in total. The minimum Gasteiger partial charge on any atom is -0.485 e. The van der Waals surface area contributed by atoms with Crippen LogP contribution >= 0.6 is 0 Å². The third-order valence-electron chi connectivity index (χ3n) is 5.23. The van der Waals surface area contributed by atoms with E-state index in [1.54, 1.807) is 21.9 Å². The first kappa shape index (κ1) is 20.6. The van der Waals surface area contributed by atoms with Crippen molar-refractivity contribution in [2.45, 2.75) is 6.10 Å². The minimum absolute atomic E-state index is 0.143. The number of hydrogen-bond donors (Lipinski definition) is 1. The molecule has 0 bridgehead atoms. The minimum atomic E-state index is -0.716. The average Bonchev–Trinajstić information content (AvgIpc) is 2.82. The SMILES string of the molecule is O=C(NCC(=O)N1CCN(C(=O)C2COc3ccccc3O2)CC1)c1ccc(F)cc1. The smallest absolute Gasteiger partial charge is 0.267 e. The number of halogens is 1. The standard InChI is InChI=1S/C22H22FN3O5/c23-16-7-5-15(6-8-16)21(28)24-13-20(27)25-9-11-26(12-10-25)22(29)19-14-30-17-3-1-2-4-18(17)31-19/h1-8,19H,9-14H2,(H,24,28). The topological polar surface area (TPSA) is 88.2 Å². The van der Waals surface area contributed by atoms with Crippen molar-refractivity contribution < 1.29 is 28.2 Å². The second-order valence-corrected chi connectivity index (χ2v) is 7.26. The van der Waals surface area contributed by atoms with Gasteiger partial charge in [0.15, 0.2) is 11.5 Å². The second kappa shape index (κ2) is 9.03. The van der Waals surface area contributed by atoms with Gasteiger partial charge in [-0.2, -0.15) is 0 Å². The summed E-state index contributed by atoms with van der Waals surface area (Å²) in [6.07, 6.45) is -0.716. The van der Waals surface area contributed by atoms with Gasteiger partial charge in [-0.15, -0.1) is 0 Å². The quantitative estimate of drug-likeness (QED) is 0.789. The summed E-state index contributed by atoms with van der Waals surface area (Å²) in [5, 5.41) is 2.54. The van der Waals surface area contributed by atoms with Crippen LogP contribution in [-0.2, 0) is 9.59 Å². The Hall–Kier alpha value is -3.62. The maximum atomic E-state index is 12.9. The molecule has 1 unspecified atom stereocenters. The maximum absolute atomic E-state index is 12.9. The summed E-state index contributed by atoms with van der Waals surface area (Å²) >= 11 is 0. The fraction of sp³-hybridized carbons (Fsp3) is 0.318. The van der Waals surface area contributed by atoms with Gasteiger partial charge in [0.2, 0.25) is 12.0 Å². The highest BCUT2D eigenvalue weighted by atomic mass is 19.1. The molecular weight excluding hydrogens is 405 g/mol. The highest BCUT2D eigenvalue weighted by molar-refractivity contribution is 5.96. The third kappa shape index (κ3) is 4.76. The summed E-state index contributed by atoms with van der Waals surface area (Å²) in [7, 11) is 0. The Bertz CT molecular complexity index is 973. The Balaban J connectivity index is 1.24. The lowest BCUT2D eigenvalue weighted by Crippen LogP contribution is -2.56. The van der Waals surface area contributed by atoms with E-state index in [4.69, 9.17) is 9.47 Å². The zero-order chi connectivity index (χ0) is 21.8. The first-order valence-electron chi connectivity index (χ1n) is 10.00. The molecule has 2 heterocycles. The summed E-state index contributed by atoms with van der Waals surface area (Å²) < 4.78 is 24.3. The first-order valence-corrected chi connectivity index (χ1v) is 10.00. The van der Waals surface area contributed by atoms with Crippen LogP contribution in [0.2, 0.25) is 0 Å². The number of para-hydroxylation sites is 2. The molecule has 2 aromatic carbocycles. The lowest BCUT2D eigenvalue weighted by atomic mass is 10.2. The van der Waals surface area contributed by atoms with E-state index >= 15 is 0 Å². The molecule has 1 fully saturated rings. The molecule has 2 aliphatic heterocycles. The number of benzene rings is 2. The van der Waals surface area contributed by atoms with Gasteiger partial charge in [0.1, 0.15) is 12.4 Å². The molecule has 2 aromatic rings. The number of rotatable bonds is 4. The number of carbonyl (C=O) groups excluding carboxylic acids is 3. The Morgan fingerprint density at radius 3 is 2.29 bits per heavy atom. The molecule has 3 amide bonds. The van der Waals surface area contributed by atoms with Crippen LogP contribution in [0.4, 0.5) is 4.39 Å². The summed E-state index contributed by atoms with van der Waals surface area (Å²) in [5.41, 5.74) is 0.279. The van der Waals surface area contributed by atoms with E-state index in [2.05, 4.69) is 5.32 Å². The Morgan fingerprint density at radius 2 is 1.58 bits per heavy atom. The molecule has 0 aliphatic carbocycles. The van der Waals surface area contributed by atoms with Crippen molar-refractivity contribution in [3.05, 3.63) is 59.9 Å². The Kier molecular flexibility index (Phi) is 6.01. The van der Waals surface area contributed by atoms with Gasteiger partial charge in [-0.3, -0.25) is 14.4 Å². The number of nitrogens with one attached hydrogen (secondary N) is 1. The van der Waals surface area contributed by atoms with Crippen LogP contribution in [0.3, 0.4) is 0 Å². The zero-order valence-electron chi connectivity index (χ0n) is 16.8. The van der Waals surface area contributed by atoms with Crippen LogP contribution in [0.25, 0.3) is 0 Å². The maximum Gasteiger partial charge on any atom is 0.267 e. The predicted molar refractivity (Wildman–Crippen MR) is 108 cm³/mol. The fourth-order valence-electron chi connectivity index (χ4n) is 3.49. The second-order valence-electron chi connectivity index (χ2n) is 7.26. The van der Waals surface area contributed by atoms with E-state index < -0.39 is 17.8 Å². The first-order chi connectivity index (χ1) is 15.0. The molecule has 0 spiro atoms. The van der Waals surface area contributed by atoms with Crippen molar-refractivity contribution in [2.24, 2.45) is 0 Å². The molecule has 31 heavy (non-hydrogen) atoms. The van der Waals surface area contributed by atoms with Crippen molar-refractivity contribution >= 4 is 17.7 Å². The molecule has 2 aliphatic rings. The van der Waals surface area contributed by atoms with Crippen LogP contribution in [0, 0.1) is 5.82 Å². The van der Waals surface area contributed by atoms with Crippen LogP contribution in [-0.4, -0.2) is 73.0 Å². The number of hydrogen-bond acceptors (Lipinski definition) is 5. The van der Waals surface area contributed by atoms with Crippen LogP contribution in [0.15, 0.2) is 48.5 Å². The normalized spacial score (nSPS) is 17.8. The van der Waals surface area contributed by atoms with E-state index in [-0.39, 0.29) is 30.5 Å². The number of piperazine rings is 1. The van der Waals surface area contributed by atoms with Gasteiger partial charge in [-0.1, -0.05) is 12.1 Å². The van der Waals surface area contributed by atoms with Gasteiger partial charge < -0.3 is 24.6 Å². The molecule has 0 saturated carbocycles. The number of ether oxygens (including phenoxy) is 2. The van der Waals surface area contributed by atoms with Crippen LogP contribution in [0.5, 0.6) is 11.5 Å². The lowest BCUT2D eigenvalue weighted by Gasteiger charge is -2.37. The summed E-state index contributed by atoms with van der Waals surface area (Å²) in [4.78, 5) is 40.5. The van der Waals surface area contributed by atoms with Gasteiger partial charge in [-0.05, 0) is 36.4 Å². The van der Waals surface area contributed by atoms with Gasteiger partial charge in [-0.25, -0.2) is 4.39 Å². The van der Waals surface area contributed by atoms with Gasteiger partial charge in [0.25, 0.3) is 11.8 Å². The van der Waals surface area contributed by atoms with E-state index in [0.717, 1.165) is 0 Å². The molecule has 162 valence electrons. The fourth-order valence-corrected chi connectivity index (χ4v) is 3.49. The highest BCUT2D eigenvalue weighted by Gasteiger charge is 2.33. The number of nitrogens with zero attached hydrogens (tertiary/aromatic N) is 2. The monoisotopic (exact) mass is 427 g/mol. The van der Waals surface area contributed by atoms with E-state index in [9.17, 15) is 18.8 Å². The van der Waals surface area contributed by atoms with Gasteiger partial charge in [0, 0.05) is 31.7 Å². The number of fused-ring (bicyclic) bond motifs is 1. The average molecular weight is 427 g/mol.